The lowest BCUT2D eigenvalue weighted by atomic mass is 10.0. The quantitative estimate of drug-likeness (QED) is 0.676. The smallest absolute Gasteiger partial charge is 0.253 e. The topological polar surface area (TPSA) is 84.0 Å². The highest BCUT2D eigenvalue weighted by molar-refractivity contribution is 5.97. The van der Waals surface area contributed by atoms with Gasteiger partial charge >= 0.3 is 0 Å². The first-order valence-corrected chi connectivity index (χ1v) is 8.64. The number of rotatable bonds is 7. The Morgan fingerprint density at radius 3 is 2.22 bits per heavy atom. The number of pyridine rings is 2. The van der Waals surface area contributed by atoms with Gasteiger partial charge in [-0.3, -0.25) is 19.6 Å². The lowest BCUT2D eigenvalue weighted by Crippen LogP contribution is -2.47. The van der Waals surface area contributed by atoms with Crippen LogP contribution in [0.1, 0.15) is 21.5 Å². The number of benzene rings is 1. The first-order valence-electron chi connectivity index (χ1n) is 8.64. The number of carbonyl (C=O) groups is 2. The van der Waals surface area contributed by atoms with Crippen LogP contribution in [0.4, 0.5) is 0 Å². The average molecular weight is 360 g/mol. The molecule has 2 amide bonds. The van der Waals surface area contributed by atoms with Crippen LogP contribution in [-0.4, -0.2) is 27.8 Å². The molecule has 0 fully saturated rings. The normalized spacial score (nSPS) is 11.4. The molecule has 2 N–H and O–H groups in total. The number of amides is 2. The molecule has 0 bridgehead atoms. The Balaban J connectivity index is 1.70. The van der Waals surface area contributed by atoms with E-state index in [1.807, 2.05) is 42.5 Å². The second-order valence-electron chi connectivity index (χ2n) is 6.04. The summed E-state index contributed by atoms with van der Waals surface area (Å²) < 4.78 is 0. The van der Waals surface area contributed by atoms with E-state index >= 15 is 0 Å². The SMILES string of the molecule is O=C(N[C@H](Cc1ccccc1)C(=O)NCc1cccnc1)c1cccnc1. The van der Waals surface area contributed by atoms with E-state index in [9.17, 15) is 9.59 Å². The molecular weight excluding hydrogens is 340 g/mol. The van der Waals surface area contributed by atoms with E-state index in [2.05, 4.69) is 20.6 Å². The summed E-state index contributed by atoms with van der Waals surface area (Å²) in [4.78, 5) is 33.2. The molecule has 0 unspecified atom stereocenters. The summed E-state index contributed by atoms with van der Waals surface area (Å²) in [6.07, 6.45) is 6.84. The van der Waals surface area contributed by atoms with Crippen molar-refractivity contribution in [2.45, 2.75) is 19.0 Å². The molecule has 0 spiro atoms. The highest BCUT2D eigenvalue weighted by Crippen LogP contribution is 2.06. The Hall–Kier alpha value is -3.54. The second kappa shape index (κ2) is 9.24. The van der Waals surface area contributed by atoms with Crippen LogP contribution in [-0.2, 0) is 17.8 Å². The number of aromatic nitrogens is 2. The lowest BCUT2D eigenvalue weighted by molar-refractivity contribution is -0.123. The predicted molar refractivity (Wildman–Crippen MR) is 102 cm³/mol. The van der Waals surface area contributed by atoms with Gasteiger partial charge in [0.05, 0.1) is 5.56 Å². The molecule has 0 aliphatic carbocycles. The summed E-state index contributed by atoms with van der Waals surface area (Å²) in [5, 5.41) is 5.68. The standard InChI is InChI=1S/C21H20N4O2/c26-20(18-9-5-11-23-15-18)25-19(12-16-6-2-1-3-7-16)21(27)24-14-17-8-4-10-22-13-17/h1-11,13,15,19H,12,14H2,(H,24,27)(H,25,26)/t19-/m1/s1. The monoisotopic (exact) mass is 360 g/mol. The van der Waals surface area contributed by atoms with E-state index < -0.39 is 6.04 Å². The van der Waals surface area contributed by atoms with Crippen LogP contribution < -0.4 is 10.6 Å². The summed E-state index contributed by atoms with van der Waals surface area (Å²) in [6.45, 7) is 0.348. The molecule has 1 atom stereocenters. The number of nitrogens with zero attached hydrogens (tertiary/aromatic N) is 2. The van der Waals surface area contributed by atoms with Crippen molar-refractivity contribution in [1.82, 2.24) is 20.6 Å². The Bertz CT molecular complexity index is 870. The highest BCUT2D eigenvalue weighted by Gasteiger charge is 2.22. The van der Waals surface area contributed by atoms with Gasteiger partial charge in [0.25, 0.3) is 5.91 Å². The lowest BCUT2D eigenvalue weighted by Gasteiger charge is -2.19. The maximum atomic E-state index is 12.7. The van der Waals surface area contributed by atoms with Crippen LogP contribution >= 0.6 is 0 Å². The van der Waals surface area contributed by atoms with Crippen molar-refractivity contribution >= 4 is 11.8 Å². The summed E-state index contributed by atoms with van der Waals surface area (Å²) in [5.74, 6) is -0.583. The molecule has 3 rings (SSSR count). The van der Waals surface area contributed by atoms with E-state index in [-0.39, 0.29) is 11.8 Å². The largest absolute Gasteiger partial charge is 0.350 e. The zero-order chi connectivity index (χ0) is 18.9. The van der Waals surface area contributed by atoms with Gasteiger partial charge in [0.1, 0.15) is 6.04 Å². The van der Waals surface area contributed by atoms with E-state index in [4.69, 9.17) is 0 Å². The zero-order valence-electron chi connectivity index (χ0n) is 14.7. The molecule has 6 heteroatoms. The van der Waals surface area contributed by atoms with Crippen molar-refractivity contribution in [3.05, 3.63) is 96.1 Å². The molecule has 2 aromatic heterocycles. The average Bonchev–Trinajstić information content (AvgIpc) is 2.73. The van der Waals surface area contributed by atoms with Gasteiger partial charge in [0.2, 0.25) is 5.91 Å². The summed E-state index contributed by atoms with van der Waals surface area (Å²) in [6, 6.07) is 15.9. The van der Waals surface area contributed by atoms with Crippen LogP contribution in [0.3, 0.4) is 0 Å². The minimum atomic E-state index is -0.697. The highest BCUT2D eigenvalue weighted by atomic mass is 16.2. The van der Waals surface area contributed by atoms with E-state index in [0.29, 0.717) is 18.5 Å². The van der Waals surface area contributed by atoms with Gasteiger partial charge in [-0.1, -0.05) is 36.4 Å². The number of carbonyl (C=O) groups excluding carboxylic acids is 2. The Kier molecular flexibility index (Phi) is 6.25. The first-order chi connectivity index (χ1) is 13.2. The number of hydrogen-bond donors (Lipinski definition) is 2. The molecule has 2 heterocycles. The van der Waals surface area contributed by atoms with Crippen LogP contribution in [0.5, 0.6) is 0 Å². The molecule has 0 saturated carbocycles. The van der Waals surface area contributed by atoms with Crippen LogP contribution in [0.25, 0.3) is 0 Å². The van der Waals surface area contributed by atoms with Crippen molar-refractivity contribution in [2.75, 3.05) is 0 Å². The van der Waals surface area contributed by atoms with Crippen LogP contribution in [0.15, 0.2) is 79.4 Å². The van der Waals surface area contributed by atoms with Crippen molar-refractivity contribution in [2.24, 2.45) is 0 Å². The van der Waals surface area contributed by atoms with E-state index in [0.717, 1.165) is 11.1 Å². The predicted octanol–water partition coefficient (Wildman–Crippen LogP) is 2.13. The van der Waals surface area contributed by atoms with Crippen LogP contribution in [0, 0.1) is 0 Å². The molecule has 1 aromatic carbocycles. The molecule has 0 aliphatic heterocycles. The molecule has 0 aliphatic rings. The fourth-order valence-electron chi connectivity index (χ4n) is 2.61. The van der Waals surface area contributed by atoms with Gasteiger partial charge in [-0.25, -0.2) is 0 Å². The minimum absolute atomic E-state index is 0.250. The third kappa shape index (κ3) is 5.47. The van der Waals surface area contributed by atoms with Crippen molar-refractivity contribution < 1.29 is 9.59 Å². The summed E-state index contributed by atoms with van der Waals surface area (Å²) in [5.41, 5.74) is 2.27. The maximum Gasteiger partial charge on any atom is 0.253 e. The Morgan fingerprint density at radius 1 is 0.852 bits per heavy atom. The van der Waals surface area contributed by atoms with Gasteiger partial charge in [-0.2, -0.15) is 0 Å². The fourth-order valence-corrected chi connectivity index (χ4v) is 2.61. The Labute approximate surface area is 157 Å². The van der Waals surface area contributed by atoms with E-state index in [1.54, 1.807) is 30.7 Å². The van der Waals surface area contributed by atoms with Gasteiger partial charge in [-0.15, -0.1) is 0 Å². The van der Waals surface area contributed by atoms with Gasteiger partial charge < -0.3 is 10.6 Å². The molecule has 136 valence electrons. The zero-order valence-corrected chi connectivity index (χ0v) is 14.7. The van der Waals surface area contributed by atoms with Crippen molar-refractivity contribution in [3.8, 4) is 0 Å². The fraction of sp³-hybridized carbons (Fsp3) is 0.143. The first kappa shape index (κ1) is 18.3. The van der Waals surface area contributed by atoms with Gasteiger partial charge in [0.15, 0.2) is 0 Å². The van der Waals surface area contributed by atoms with E-state index in [1.165, 1.54) is 6.20 Å². The number of hydrogen-bond acceptors (Lipinski definition) is 4. The molecular formula is C21H20N4O2. The molecule has 0 saturated heterocycles. The van der Waals surface area contributed by atoms with Gasteiger partial charge in [-0.05, 0) is 29.3 Å². The number of nitrogens with one attached hydrogen (secondary N) is 2. The van der Waals surface area contributed by atoms with Gasteiger partial charge in [0, 0.05) is 37.8 Å². The summed E-state index contributed by atoms with van der Waals surface area (Å²) in [7, 11) is 0. The second-order valence-corrected chi connectivity index (χ2v) is 6.04. The Morgan fingerprint density at radius 2 is 1.56 bits per heavy atom. The molecule has 3 aromatic rings. The third-order valence-corrected chi connectivity index (χ3v) is 4.02. The van der Waals surface area contributed by atoms with Crippen molar-refractivity contribution in [1.29, 1.82) is 0 Å². The summed E-state index contributed by atoms with van der Waals surface area (Å²) >= 11 is 0. The maximum absolute atomic E-state index is 12.7. The molecule has 0 radical (unpaired) electrons. The van der Waals surface area contributed by atoms with Crippen LogP contribution in [0.2, 0.25) is 0 Å². The molecule has 27 heavy (non-hydrogen) atoms. The minimum Gasteiger partial charge on any atom is -0.350 e. The third-order valence-electron chi connectivity index (χ3n) is 4.02. The molecule has 6 nitrogen and oxygen atoms in total. The van der Waals surface area contributed by atoms with Crippen molar-refractivity contribution in [3.63, 3.8) is 0 Å².